The third kappa shape index (κ3) is 3.74. The molecule has 2 unspecified atom stereocenters. The smallest absolute Gasteiger partial charge is 0.0306 e. The molecule has 1 aliphatic rings. The lowest BCUT2D eigenvalue weighted by Crippen LogP contribution is -2.50. The summed E-state index contributed by atoms with van der Waals surface area (Å²) in [6, 6.07) is 0.700. The summed E-state index contributed by atoms with van der Waals surface area (Å²) in [5, 5.41) is 3.72. The molecule has 0 bridgehead atoms. The van der Waals surface area contributed by atoms with E-state index in [2.05, 4.69) is 45.0 Å². The first-order chi connectivity index (χ1) is 7.49. The highest BCUT2D eigenvalue weighted by Gasteiger charge is 2.33. The van der Waals surface area contributed by atoms with Gasteiger partial charge in [-0.1, -0.05) is 20.8 Å². The Hall–Kier alpha value is -0.0800. The van der Waals surface area contributed by atoms with Crippen LogP contribution in [0.1, 0.15) is 53.4 Å². The normalized spacial score (nSPS) is 27.9. The second-order valence-corrected chi connectivity index (χ2v) is 6.06. The molecular weight excluding hydrogens is 196 g/mol. The van der Waals surface area contributed by atoms with Crippen LogP contribution in [-0.4, -0.2) is 36.6 Å². The van der Waals surface area contributed by atoms with E-state index in [1.165, 1.54) is 38.8 Å². The van der Waals surface area contributed by atoms with Crippen LogP contribution < -0.4 is 5.32 Å². The molecule has 2 atom stereocenters. The molecule has 96 valence electrons. The number of likely N-dealkylation sites (N-methyl/N-ethyl adjacent to an activating group) is 1. The van der Waals surface area contributed by atoms with Gasteiger partial charge in [-0.25, -0.2) is 0 Å². The fourth-order valence-electron chi connectivity index (χ4n) is 2.91. The summed E-state index contributed by atoms with van der Waals surface area (Å²) in [4.78, 5) is 2.54. The van der Waals surface area contributed by atoms with Crippen molar-refractivity contribution in [3.05, 3.63) is 0 Å². The lowest BCUT2D eigenvalue weighted by atomic mass is 9.92. The van der Waals surface area contributed by atoms with Crippen molar-refractivity contribution in [3.63, 3.8) is 0 Å². The van der Waals surface area contributed by atoms with Crippen LogP contribution in [0.5, 0.6) is 0 Å². The highest BCUT2D eigenvalue weighted by atomic mass is 15.2. The Morgan fingerprint density at radius 2 is 2.00 bits per heavy atom. The van der Waals surface area contributed by atoms with E-state index < -0.39 is 0 Å². The molecule has 16 heavy (non-hydrogen) atoms. The molecule has 0 aliphatic carbocycles. The molecule has 0 radical (unpaired) electrons. The number of hydrogen-bond donors (Lipinski definition) is 1. The maximum absolute atomic E-state index is 3.72. The Morgan fingerprint density at radius 1 is 1.31 bits per heavy atom. The Labute approximate surface area is 102 Å². The van der Waals surface area contributed by atoms with Gasteiger partial charge in [0, 0.05) is 18.1 Å². The predicted molar refractivity (Wildman–Crippen MR) is 71.8 cm³/mol. The summed E-state index contributed by atoms with van der Waals surface area (Å²) < 4.78 is 0. The lowest BCUT2D eigenvalue weighted by molar-refractivity contribution is 0.163. The molecule has 1 fully saturated rings. The summed E-state index contributed by atoms with van der Waals surface area (Å²) in [7, 11) is 2.28. The molecule has 0 aromatic carbocycles. The van der Waals surface area contributed by atoms with E-state index in [9.17, 15) is 0 Å². The van der Waals surface area contributed by atoms with Gasteiger partial charge < -0.3 is 10.2 Å². The molecule has 0 aromatic heterocycles. The van der Waals surface area contributed by atoms with E-state index in [0.29, 0.717) is 11.6 Å². The van der Waals surface area contributed by atoms with Crippen molar-refractivity contribution < 1.29 is 0 Å². The summed E-state index contributed by atoms with van der Waals surface area (Å²) in [6.07, 6.45) is 5.25. The van der Waals surface area contributed by atoms with Crippen LogP contribution in [0, 0.1) is 5.92 Å². The summed E-state index contributed by atoms with van der Waals surface area (Å²) in [6.45, 7) is 11.7. The minimum absolute atomic E-state index is 0.403. The standard InChI is InChI=1S/C14H30N2/c1-6-14(8-7-9-15-14)11-16(5)13(4)10-12(2)3/h12-13,15H,6-11H2,1-5H3. The molecule has 1 aliphatic heterocycles. The molecule has 0 spiro atoms. The minimum Gasteiger partial charge on any atom is -0.310 e. The molecule has 0 saturated carbocycles. The van der Waals surface area contributed by atoms with Gasteiger partial charge in [-0.15, -0.1) is 0 Å². The van der Waals surface area contributed by atoms with Gasteiger partial charge in [0.25, 0.3) is 0 Å². The van der Waals surface area contributed by atoms with Gasteiger partial charge in [0.2, 0.25) is 0 Å². The first-order valence-corrected chi connectivity index (χ1v) is 6.94. The van der Waals surface area contributed by atoms with Gasteiger partial charge >= 0.3 is 0 Å². The zero-order valence-corrected chi connectivity index (χ0v) is 11.8. The molecule has 2 nitrogen and oxygen atoms in total. The van der Waals surface area contributed by atoms with Gasteiger partial charge in [0.15, 0.2) is 0 Å². The van der Waals surface area contributed by atoms with Crippen LogP contribution >= 0.6 is 0 Å². The largest absolute Gasteiger partial charge is 0.310 e. The fraction of sp³-hybridized carbons (Fsp3) is 1.00. The highest BCUT2D eigenvalue weighted by molar-refractivity contribution is 4.94. The van der Waals surface area contributed by atoms with Gasteiger partial charge in [0.05, 0.1) is 0 Å². The Bertz CT molecular complexity index is 195. The predicted octanol–water partition coefficient (Wildman–Crippen LogP) is 2.89. The van der Waals surface area contributed by atoms with Crippen molar-refractivity contribution in [1.82, 2.24) is 10.2 Å². The summed E-state index contributed by atoms with van der Waals surface area (Å²) in [5.74, 6) is 0.798. The van der Waals surface area contributed by atoms with E-state index in [4.69, 9.17) is 0 Å². The van der Waals surface area contributed by atoms with Crippen LogP contribution in [0.4, 0.5) is 0 Å². The average molecular weight is 226 g/mol. The average Bonchev–Trinajstić information content (AvgIpc) is 2.66. The summed E-state index contributed by atoms with van der Waals surface area (Å²) >= 11 is 0. The van der Waals surface area contributed by atoms with Crippen molar-refractivity contribution in [3.8, 4) is 0 Å². The Balaban J connectivity index is 2.45. The third-order valence-electron chi connectivity index (χ3n) is 4.13. The second-order valence-electron chi connectivity index (χ2n) is 6.06. The molecular formula is C14H30N2. The number of nitrogens with zero attached hydrogens (tertiary/aromatic N) is 1. The molecule has 1 N–H and O–H groups in total. The molecule has 1 heterocycles. The van der Waals surface area contributed by atoms with E-state index in [1.807, 2.05) is 0 Å². The second kappa shape index (κ2) is 6.02. The number of nitrogens with one attached hydrogen (secondary N) is 1. The van der Waals surface area contributed by atoms with Gasteiger partial charge in [0.1, 0.15) is 0 Å². The van der Waals surface area contributed by atoms with E-state index in [-0.39, 0.29) is 0 Å². The minimum atomic E-state index is 0.403. The van der Waals surface area contributed by atoms with E-state index in [0.717, 1.165) is 5.92 Å². The van der Waals surface area contributed by atoms with Crippen LogP contribution in [0.3, 0.4) is 0 Å². The van der Waals surface area contributed by atoms with Gasteiger partial charge in [-0.05, 0) is 52.1 Å². The summed E-state index contributed by atoms with van der Waals surface area (Å²) in [5.41, 5.74) is 0.403. The number of rotatable bonds is 6. The van der Waals surface area contributed by atoms with Crippen molar-refractivity contribution >= 4 is 0 Å². The van der Waals surface area contributed by atoms with Crippen molar-refractivity contribution in [1.29, 1.82) is 0 Å². The molecule has 0 aromatic rings. The van der Waals surface area contributed by atoms with Crippen LogP contribution in [0.2, 0.25) is 0 Å². The zero-order valence-electron chi connectivity index (χ0n) is 11.8. The van der Waals surface area contributed by atoms with Crippen molar-refractivity contribution in [2.24, 2.45) is 5.92 Å². The highest BCUT2D eigenvalue weighted by Crippen LogP contribution is 2.25. The van der Waals surface area contributed by atoms with Gasteiger partial charge in [-0.3, -0.25) is 0 Å². The molecule has 0 amide bonds. The first-order valence-electron chi connectivity index (χ1n) is 6.94. The maximum atomic E-state index is 3.72. The Kier molecular flexibility index (Phi) is 5.26. The first kappa shape index (κ1) is 14.0. The molecule has 2 heteroatoms. The van der Waals surface area contributed by atoms with E-state index >= 15 is 0 Å². The molecule has 1 rings (SSSR count). The van der Waals surface area contributed by atoms with E-state index in [1.54, 1.807) is 0 Å². The fourth-order valence-corrected chi connectivity index (χ4v) is 2.91. The lowest BCUT2D eigenvalue weighted by Gasteiger charge is -2.36. The van der Waals surface area contributed by atoms with Crippen molar-refractivity contribution in [2.45, 2.75) is 65.0 Å². The topological polar surface area (TPSA) is 15.3 Å². The van der Waals surface area contributed by atoms with Crippen LogP contribution in [-0.2, 0) is 0 Å². The zero-order chi connectivity index (χ0) is 12.2. The Morgan fingerprint density at radius 3 is 2.44 bits per heavy atom. The van der Waals surface area contributed by atoms with Crippen LogP contribution in [0.15, 0.2) is 0 Å². The quantitative estimate of drug-likeness (QED) is 0.749. The number of hydrogen-bond acceptors (Lipinski definition) is 2. The monoisotopic (exact) mass is 226 g/mol. The molecule has 1 saturated heterocycles. The van der Waals surface area contributed by atoms with Gasteiger partial charge in [-0.2, -0.15) is 0 Å². The van der Waals surface area contributed by atoms with Crippen molar-refractivity contribution in [2.75, 3.05) is 20.1 Å². The maximum Gasteiger partial charge on any atom is 0.0306 e. The van der Waals surface area contributed by atoms with Crippen LogP contribution in [0.25, 0.3) is 0 Å². The SMILES string of the molecule is CCC1(CN(C)C(C)CC(C)C)CCCN1. The third-order valence-corrected chi connectivity index (χ3v) is 4.13.